The molecule has 6 heteroatoms. The van der Waals surface area contributed by atoms with Gasteiger partial charge in [-0.1, -0.05) is 37.8 Å². The first-order valence-electron chi connectivity index (χ1n) is 9.49. The minimum atomic E-state index is -1.79. The Labute approximate surface area is 162 Å². The molecule has 1 aromatic carbocycles. The van der Waals surface area contributed by atoms with Gasteiger partial charge in [0.05, 0.1) is 18.0 Å². The number of fused-ring (bicyclic) bond motifs is 1. The number of amides is 1. The zero-order valence-corrected chi connectivity index (χ0v) is 18.7. The van der Waals surface area contributed by atoms with Gasteiger partial charge in [-0.05, 0) is 40.7 Å². The highest BCUT2D eigenvalue weighted by molar-refractivity contribution is 6.88. The molecular formula is C21H31NO4Si. The van der Waals surface area contributed by atoms with Crippen LogP contribution in [-0.4, -0.2) is 37.0 Å². The molecule has 1 fully saturated rings. The lowest BCUT2D eigenvalue weighted by molar-refractivity contribution is -0.0625. The van der Waals surface area contributed by atoms with E-state index in [1.165, 1.54) is 0 Å². The average molecular weight is 390 g/mol. The number of carbonyl (C=O) groups excluding carboxylic acids is 1. The van der Waals surface area contributed by atoms with Gasteiger partial charge in [0.15, 0.2) is 0 Å². The fourth-order valence-electron chi connectivity index (χ4n) is 3.63. The fourth-order valence-corrected chi connectivity index (χ4v) is 5.15. The molecule has 2 aromatic rings. The van der Waals surface area contributed by atoms with E-state index in [-0.39, 0.29) is 12.1 Å². The zero-order valence-electron chi connectivity index (χ0n) is 17.7. The number of hydrogen-bond acceptors (Lipinski definition) is 4. The zero-order chi connectivity index (χ0) is 20.2. The summed E-state index contributed by atoms with van der Waals surface area (Å²) in [6.07, 6.45) is -0.359. The van der Waals surface area contributed by atoms with Crippen molar-refractivity contribution in [2.75, 3.05) is 6.61 Å². The molecule has 2 heterocycles. The van der Waals surface area contributed by atoms with Crippen LogP contribution in [0.1, 0.15) is 46.2 Å². The first-order valence-corrected chi connectivity index (χ1v) is 13.0. The van der Waals surface area contributed by atoms with Gasteiger partial charge in [0.25, 0.3) is 0 Å². The van der Waals surface area contributed by atoms with Crippen molar-refractivity contribution in [1.82, 2.24) is 4.90 Å². The Balaban J connectivity index is 2.15. The van der Waals surface area contributed by atoms with Gasteiger partial charge in [0, 0.05) is 10.9 Å². The Morgan fingerprint density at radius 2 is 1.85 bits per heavy atom. The Hall–Kier alpha value is -1.79. The molecule has 0 unspecified atom stereocenters. The summed E-state index contributed by atoms with van der Waals surface area (Å²) < 4.78 is 18.1. The molecule has 0 aliphatic carbocycles. The third kappa shape index (κ3) is 3.78. The van der Waals surface area contributed by atoms with Gasteiger partial charge in [-0.3, -0.25) is 4.90 Å². The van der Waals surface area contributed by atoms with E-state index in [0.717, 1.165) is 21.9 Å². The lowest BCUT2D eigenvalue weighted by Gasteiger charge is -2.35. The van der Waals surface area contributed by atoms with Gasteiger partial charge in [-0.25, -0.2) is 4.79 Å². The van der Waals surface area contributed by atoms with Crippen LogP contribution in [0.15, 0.2) is 28.7 Å². The molecular weight excluding hydrogens is 358 g/mol. The minimum Gasteiger partial charge on any atom is -0.466 e. The summed E-state index contributed by atoms with van der Waals surface area (Å²) in [5.74, 6) is 0. The number of para-hydroxylation sites is 1. The topological polar surface area (TPSA) is 51.9 Å². The molecule has 1 aliphatic heterocycles. The van der Waals surface area contributed by atoms with Crippen LogP contribution >= 0.6 is 0 Å². The van der Waals surface area contributed by atoms with Crippen LogP contribution in [0.2, 0.25) is 19.6 Å². The van der Waals surface area contributed by atoms with Crippen LogP contribution in [0.5, 0.6) is 0 Å². The van der Waals surface area contributed by atoms with Gasteiger partial charge in [-0.2, -0.15) is 0 Å². The molecule has 0 bridgehead atoms. The number of furan rings is 1. The molecule has 0 N–H and O–H groups in total. The fraction of sp³-hybridized carbons (Fsp3) is 0.571. The molecule has 0 radical (unpaired) electrons. The molecule has 5 nitrogen and oxygen atoms in total. The first kappa shape index (κ1) is 20.0. The van der Waals surface area contributed by atoms with Crippen LogP contribution in [-0.2, 0) is 9.47 Å². The molecule has 148 valence electrons. The predicted molar refractivity (Wildman–Crippen MR) is 110 cm³/mol. The van der Waals surface area contributed by atoms with Crippen molar-refractivity contribution < 1.29 is 18.7 Å². The third-order valence-corrected chi connectivity index (χ3v) is 6.46. The van der Waals surface area contributed by atoms with Gasteiger partial charge in [0.1, 0.15) is 25.0 Å². The molecule has 1 amide bonds. The number of benzene rings is 1. The normalized spacial score (nSPS) is 20.3. The maximum absolute atomic E-state index is 13.1. The summed E-state index contributed by atoms with van der Waals surface area (Å²) in [5.41, 5.74) is 0.614. The largest absolute Gasteiger partial charge is 0.466 e. The Morgan fingerprint density at radius 1 is 1.22 bits per heavy atom. The highest BCUT2D eigenvalue weighted by Gasteiger charge is 2.49. The smallest absolute Gasteiger partial charge is 0.413 e. The second-order valence-electron chi connectivity index (χ2n) is 9.71. The maximum atomic E-state index is 13.1. The van der Waals surface area contributed by atoms with E-state index in [0.29, 0.717) is 6.61 Å². The number of ether oxygens (including phenoxy) is 2. The number of nitrogens with zero attached hydrogens (tertiary/aromatic N) is 1. The van der Waals surface area contributed by atoms with Crippen LogP contribution in [0, 0.1) is 0 Å². The SMILES string of the molecule is CC(C)(C)OC(=O)N1[C@H](c2c([Si](C)(C)C)oc3ccccc23)COC1(C)C. The molecule has 27 heavy (non-hydrogen) atoms. The van der Waals surface area contributed by atoms with Crippen molar-refractivity contribution in [1.29, 1.82) is 0 Å². The molecule has 0 saturated carbocycles. The van der Waals surface area contributed by atoms with E-state index in [2.05, 4.69) is 25.7 Å². The second-order valence-corrected chi connectivity index (χ2v) is 14.7. The van der Waals surface area contributed by atoms with E-state index < -0.39 is 19.4 Å². The standard InChI is InChI=1S/C21H31NO4Si/c1-20(2,3)26-19(23)22-15(13-24-21(22,4)5)17-14-11-9-10-12-16(14)25-18(17)27(6,7)8/h9-12,15H,13H2,1-8H3/t15-/m0/s1. The van der Waals surface area contributed by atoms with Gasteiger partial charge in [0.2, 0.25) is 0 Å². The monoisotopic (exact) mass is 389 g/mol. The van der Waals surface area contributed by atoms with Crippen molar-refractivity contribution in [3.8, 4) is 0 Å². The van der Waals surface area contributed by atoms with Crippen LogP contribution < -0.4 is 5.38 Å². The Morgan fingerprint density at radius 3 is 2.44 bits per heavy atom. The molecule has 0 spiro atoms. The summed E-state index contributed by atoms with van der Waals surface area (Å²) in [5, 5.41) is 2.07. The molecule has 1 aromatic heterocycles. The van der Waals surface area contributed by atoms with Gasteiger partial charge >= 0.3 is 6.09 Å². The van der Waals surface area contributed by atoms with Crippen LogP contribution in [0.4, 0.5) is 4.79 Å². The van der Waals surface area contributed by atoms with Gasteiger partial charge < -0.3 is 13.9 Å². The number of rotatable bonds is 2. The Kier molecular flexibility index (Phi) is 4.71. The molecule has 1 atom stereocenters. The lowest BCUT2D eigenvalue weighted by atomic mass is 10.0. The lowest BCUT2D eigenvalue weighted by Crippen LogP contribution is -2.49. The summed E-state index contributed by atoms with van der Waals surface area (Å²) in [6.45, 7) is 16.7. The van der Waals surface area contributed by atoms with E-state index in [1.54, 1.807) is 4.90 Å². The summed E-state index contributed by atoms with van der Waals surface area (Å²) in [6, 6.07) is 7.80. The van der Waals surface area contributed by atoms with Crippen molar-refractivity contribution in [3.05, 3.63) is 29.8 Å². The van der Waals surface area contributed by atoms with E-state index in [9.17, 15) is 4.79 Å². The van der Waals surface area contributed by atoms with Crippen molar-refractivity contribution in [2.45, 2.75) is 71.6 Å². The van der Waals surface area contributed by atoms with Gasteiger partial charge in [-0.15, -0.1) is 0 Å². The highest BCUT2D eigenvalue weighted by atomic mass is 28.3. The molecule has 1 saturated heterocycles. The maximum Gasteiger partial charge on any atom is 0.413 e. The summed E-state index contributed by atoms with van der Waals surface area (Å²) >= 11 is 0. The Bertz CT molecular complexity index is 857. The third-order valence-electron chi connectivity index (χ3n) is 4.72. The van der Waals surface area contributed by atoms with Crippen molar-refractivity contribution in [3.63, 3.8) is 0 Å². The predicted octanol–water partition coefficient (Wildman–Crippen LogP) is 5.02. The molecule has 3 rings (SSSR count). The first-order chi connectivity index (χ1) is 12.3. The second kappa shape index (κ2) is 6.38. The van der Waals surface area contributed by atoms with E-state index in [1.807, 2.05) is 52.8 Å². The van der Waals surface area contributed by atoms with Crippen molar-refractivity contribution >= 4 is 30.5 Å². The summed E-state index contributed by atoms with van der Waals surface area (Å²) in [7, 11) is -1.79. The summed E-state index contributed by atoms with van der Waals surface area (Å²) in [4.78, 5) is 14.8. The number of hydrogen-bond donors (Lipinski definition) is 0. The van der Waals surface area contributed by atoms with Crippen LogP contribution in [0.25, 0.3) is 11.0 Å². The van der Waals surface area contributed by atoms with E-state index in [4.69, 9.17) is 13.9 Å². The van der Waals surface area contributed by atoms with E-state index >= 15 is 0 Å². The molecule has 1 aliphatic rings. The quantitative estimate of drug-likeness (QED) is 0.677. The number of carbonyl (C=O) groups is 1. The van der Waals surface area contributed by atoms with Crippen molar-refractivity contribution in [2.24, 2.45) is 0 Å². The minimum absolute atomic E-state index is 0.236. The average Bonchev–Trinajstić information content (AvgIpc) is 3.02. The highest BCUT2D eigenvalue weighted by Crippen LogP contribution is 2.41. The van der Waals surface area contributed by atoms with Crippen LogP contribution in [0.3, 0.4) is 0 Å².